The van der Waals surface area contributed by atoms with Gasteiger partial charge in [-0.05, 0) is 54.5 Å². The van der Waals surface area contributed by atoms with Crippen LogP contribution in [0.5, 0.6) is 0 Å². The maximum Gasteiger partial charge on any atom is 0.307 e. The molecule has 1 aliphatic heterocycles. The Morgan fingerprint density at radius 1 is 1.04 bits per heavy atom. The number of fused-ring (bicyclic) bond motifs is 2. The van der Waals surface area contributed by atoms with Gasteiger partial charge in [-0.15, -0.1) is 0 Å². The van der Waals surface area contributed by atoms with Crippen LogP contribution in [0.15, 0.2) is 48.5 Å². The Labute approximate surface area is 160 Å². The summed E-state index contributed by atoms with van der Waals surface area (Å²) in [7, 11) is 0. The van der Waals surface area contributed by atoms with Crippen molar-refractivity contribution in [2.45, 2.75) is 31.8 Å². The van der Waals surface area contributed by atoms with E-state index in [1.165, 1.54) is 22.3 Å². The van der Waals surface area contributed by atoms with Gasteiger partial charge in [0.05, 0.1) is 12.5 Å². The van der Waals surface area contributed by atoms with Gasteiger partial charge in [-0.25, -0.2) is 0 Å². The summed E-state index contributed by atoms with van der Waals surface area (Å²) in [6, 6.07) is 17.2. The van der Waals surface area contributed by atoms with Crippen molar-refractivity contribution in [3.8, 4) is 0 Å². The lowest BCUT2D eigenvalue weighted by Gasteiger charge is -2.31. The second-order valence-corrected chi connectivity index (χ2v) is 7.63. The van der Waals surface area contributed by atoms with Gasteiger partial charge in [0.2, 0.25) is 0 Å². The van der Waals surface area contributed by atoms with Crippen LogP contribution in [0.3, 0.4) is 0 Å². The molecule has 27 heavy (non-hydrogen) atoms. The second kappa shape index (κ2) is 8.24. The number of piperidine rings is 1. The molecule has 0 amide bonds. The summed E-state index contributed by atoms with van der Waals surface area (Å²) in [4.78, 5) is 13.5. The molecule has 0 spiro atoms. The highest BCUT2D eigenvalue weighted by Crippen LogP contribution is 2.35. The topological polar surface area (TPSA) is 49.8 Å². The zero-order valence-corrected chi connectivity index (χ0v) is 15.6. The lowest BCUT2D eigenvalue weighted by molar-refractivity contribution is -0.143. The number of benzene rings is 2. The van der Waals surface area contributed by atoms with Crippen molar-refractivity contribution in [3.05, 3.63) is 70.8 Å². The third-order valence-corrected chi connectivity index (χ3v) is 5.89. The molecule has 1 heterocycles. The normalized spacial score (nSPS) is 20.5. The first-order chi connectivity index (χ1) is 13.2. The fraction of sp³-hybridized carbons (Fsp3) is 0.435. The highest BCUT2D eigenvalue weighted by atomic mass is 16.5. The lowest BCUT2D eigenvalue weighted by atomic mass is 9.97. The van der Waals surface area contributed by atoms with Crippen molar-refractivity contribution < 1.29 is 14.6 Å². The van der Waals surface area contributed by atoms with Crippen molar-refractivity contribution in [1.82, 2.24) is 4.90 Å². The van der Waals surface area contributed by atoms with E-state index in [-0.39, 0.29) is 12.0 Å². The number of aryl methyl sites for hydroxylation is 2. The molecule has 0 radical (unpaired) electrons. The first-order valence-corrected chi connectivity index (χ1v) is 9.95. The van der Waals surface area contributed by atoms with E-state index in [0.717, 1.165) is 38.8 Å². The van der Waals surface area contributed by atoms with E-state index < -0.39 is 5.97 Å². The molecule has 1 atom stereocenters. The lowest BCUT2D eigenvalue weighted by Crippen LogP contribution is -2.40. The van der Waals surface area contributed by atoms with Crippen molar-refractivity contribution in [2.75, 3.05) is 26.2 Å². The number of carbonyl (C=O) groups is 1. The Hall–Kier alpha value is -2.17. The molecule has 4 rings (SSSR count). The van der Waals surface area contributed by atoms with E-state index in [4.69, 9.17) is 4.74 Å². The summed E-state index contributed by atoms with van der Waals surface area (Å²) in [5, 5.41) is 9.28. The number of nitrogens with zero attached hydrogens (tertiary/aromatic N) is 1. The molecule has 4 nitrogen and oxygen atoms in total. The van der Waals surface area contributed by atoms with E-state index in [2.05, 4.69) is 53.4 Å². The number of rotatable bonds is 5. The smallest absolute Gasteiger partial charge is 0.307 e. The van der Waals surface area contributed by atoms with Crippen LogP contribution in [0.4, 0.5) is 0 Å². The number of ether oxygens (including phenoxy) is 1. The Morgan fingerprint density at radius 2 is 1.67 bits per heavy atom. The standard InChI is InChI=1S/C23H27NO3/c25-23(26)19-8-5-13-24(16-19)14-15-27-22-20-9-3-1-6-17(20)11-12-18-7-2-4-10-21(18)22/h1-4,6-7,9-10,19,22H,5,8,11-16H2,(H,25,26). The predicted molar refractivity (Wildman–Crippen MR) is 105 cm³/mol. The summed E-state index contributed by atoms with van der Waals surface area (Å²) in [6.45, 7) is 2.99. The third-order valence-electron chi connectivity index (χ3n) is 5.89. The second-order valence-electron chi connectivity index (χ2n) is 7.63. The van der Waals surface area contributed by atoms with Crippen LogP contribution in [0.25, 0.3) is 0 Å². The monoisotopic (exact) mass is 365 g/mol. The Kier molecular flexibility index (Phi) is 5.55. The molecule has 1 fully saturated rings. The Morgan fingerprint density at radius 3 is 2.30 bits per heavy atom. The van der Waals surface area contributed by atoms with Crippen molar-refractivity contribution in [3.63, 3.8) is 0 Å². The Bertz CT molecular complexity index is 756. The molecule has 0 aromatic heterocycles. The van der Waals surface area contributed by atoms with Gasteiger partial charge in [0.15, 0.2) is 0 Å². The summed E-state index contributed by atoms with van der Waals surface area (Å²) >= 11 is 0. The first-order valence-electron chi connectivity index (χ1n) is 9.95. The molecule has 4 heteroatoms. The minimum atomic E-state index is -0.674. The minimum Gasteiger partial charge on any atom is -0.481 e. The van der Waals surface area contributed by atoms with Gasteiger partial charge in [0, 0.05) is 13.1 Å². The number of hydrogen-bond acceptors (Lipinski definition) is 3. The minimum absolute atomic E-state index is 0.0417. The van der Waals surface area contributed by atoms with Gasteiger partial charge in [-0.1, -0.05) is 48.5 Å². The van der Waals surface area contributed by atoms with E-state index in [0.29, 0.717) is 13.2 Å². The number of hydrogen-bond donors (Lipinski definition) is 1. The molecule has 0 saturated carbocycles. The number of carboxylic acids is 1. The van der Waals surface area contributed by atoms with E-state index in [1.54, 1.807) is 0 Å². The van der Waals surface area contributed by atoms with Crippen LogP contribution in [0, 0.1) is 5.92 Å². The SMILES string of the molecule is O=C(O)C1CCCN(CCOC2c3ccccc3CCc3ccccc32)C1. The summed E-state index contributed by atoms with van der Waals surface area (Å²) in [5.41, 5.74) is 5.26. The molecule has 0 bridgehead atoms. The highest BCUT2D eigenvalue weighted by Gasteiger charge is 2.27. The van der Waals surface area contributed by atoms with Crippen LogP contribution in [0.1, 0.15) is 41.2 Å². The first kappa shape index (κ1) is 18.2. The zero-order valence-electron chi connectivity index (χ0n) is 15.6. The van der Waals surface area contributed by atoms with Crippen LogP contribution >= 0.6 is 0 Å². The molecule has 1 aliphatic carbocycles. The maximum absolute atomic E-state index is 11.3. The van der Waals surface area contributed by atoms with Crippen LogP contribution in [0.2, 0.25) is 0 Å². The molecular formula is C23H27NO3. The average Bonchev–Trinajstić information content (AvgIpc) is 2.86. The van der Waals surface area contributed by atoms with E-state index in [1.807, 2.05) is 0 Å². The number of aliphatic carboxylic acids is 1. The molecule has 2 aromatic rings. The van der Waals surface area contributed by atoms with Gasteiger partial charge in [-0.2, -0.15) is 0 Å². The fourth-order valence-corrected chi connectivity index (χ4v) is 4.41. The molecule has 1 saturated heterocycles. The number of likely N-dealkylation sites (tertiary alicyclic amines) is 1. The maximum atomic E-state index is 11.3. The largest absolute Gasteiger partial charge is 0.481 e. The molecule has 2 aromatic carbocycles. The van der Waals surface area contributed by atoms with E-state index in [9.17, 15) is 9.90 Å². The molecule has 1 unspecified atom stereocenters. The van der Waals surface area contributed by atoms with E-state index >= 15 is 0 Å². The summed E-state index contributed by atoms with van der Waals surface area (Å²) < 4.78 is 6.43. The number of carboxylic acid groups (broad SMARTS) is 1. The summed E-state index contributed by atoms with van der Waals surface area (Å²) in [6.07, 6.45) is 3.78. The summed E-state index contributed by atoms with van der Waals surface area (Å²) in [5.74, 6) is -0.912. The van der Waals surface area contributed by atoms with Crippen molar-refractivity contribution >= 4 is 5.97 Å². The fourth-order valence-electron chi connectivity index (χ4n) is 4.41. The average molecular weight is 365 g/mol. The van der Waals surface area contributed by atoms with Crippen molar-refractivity contribution in [2.24, 2.45) is 5.92 Å². The predicted octanol–water partition coefficient (Wildman–Crippen LogP) is 3.69. The highest BCUT2D eigenvalue weighted by molar-refractivity contribution is 5.70. The zero-order chi connectivity index (χ0) is 18.6. The Balaban J connectivity index is 1.47. The van der Waals surface area contributed by atoms with Gasteiger partial charge >= 0.3 is 5.97 Å². The quantitative estimate of drug-likeness (QED) is 0.878. The van der Waals surface area contributed by atoms with Crippen molar-refractivity contribution in [1.29, 1.82) is 0 Å². The van der Waals surface area contributed by atoms with Crippen LogP contribution in [-0.2, 0) is 22.4 Å². The molecule has 1 N–H and O–H groups in total. The molecule has 2 aliphatic rings. The van der Waals surface area contributed by atoms with Gasteiger partial charge < -0.3 is 14.7 Å². The third kappa shape index (κ3) is 4.07. The van der Waals surface area contributed by atoms with Gasteiger partial charge in [0.1, 0.15) is 6.10 Å². The van der Waals surface area contributed by atoms with Gasteiger partial charge in [0.25, 0.3) is 0 Å². The molecular weight excluding hydrogens is 338 g/mol. The molecule has 142 valence electrons. The van der Waals surface area contributed by atoms with Crippen LogP contribution in [-0.4, -0.2) is 42.2 Å². The van der Waals surface area contributed by atoms with Gasteiger partial charge in [-0.3, -0.25) is 4.79 Å². The van der Waals surface area contributed by atoms with Crippen LogP contribution < -0.4 is 0 Å².